The fraction of sp³-hybridized carbons (Fsp3) is 0.136. The molecule has 0 saturated carbocycles. The molecular weight excluding hydrogens is 374 g/mol. The molecule has 7 heteroatoms. The molecule has 0 aliphatic carbocycles. The topological polar surface area (TPSA) is 62.0 Å². The summed E-state index contributed by atoms with van der Waals surface area (Å²) in [5.41, 5.74) is 2.93. The average Bonchev–Trinajstić information content (AvgIpc) is 3.13. The lowest BCUT2D eigenvalue weighted by atomic mass is 10.1. The molecule has 2 aromatic carbocycles. The molecule has 0 aliphatic heterocycles. The summed E-state index contributed by atoms with van der Waals surface area (Å²) >= 11 is 0. The third kappa shape index (κ3) is 4.13. The summed E-state index contributed by atoms with van der Waals surface area (Å²) in [7, 11) is 1.62. The summed E-state index contributed by atoms with van der Waals surface area (Å²) in [6, 6.07) is 11.8. The number of fused-ring (bicyclic) bond motifs is 1. The normalized spacial score (nSPS) is 10.9. The Balaban J connectivity index is 1.43. The molecule has 0 unspecified atom stereocenters. The number of hydrogen-bond donors (Lipinski definition) is 3. The predicted molar refractivity (Wildman–Crippen MR) is 111 cm³/mol. The van der Waals surface area contributed by atoms with Crippen LogP contribution in [-0.2, 0) is 6.42 Å². The SMILES string of the molecule is COc1ccc2c(CCNc3c(F)cc(Nc4ccncc4)cc3F)c[nH]c2c1. The predicted octanol–water partition coefficient (Wildman–Crippen LogP) is 5.25. The van der Waals surface area contributed by atoms with Gasteiger partial charge in [0.2, 0.25) is 0 Å². The van der Waals surface area contributed by atoms with Crippen LogP contribution in [0.25, 0.3) is 10.9 Å². The number of nitrogens with one attached hydrogen (secondary N) is 3. The van der Waals surface area contributed by atoms with Crippen LogP contribution in [0, 0.1) is 11.6 Å². The van der Waals surface area contributed by atoms with Crippen molar-refractivity contribution in [2.24, 2.45) is 0 Å². The molecule has 4 aromatic rings. The minimum Gasteiger partial charge on any atom is -0.497 e. The van der Waals surface area contributed by atoms with Gasteiger partial charge in [0.15, 0.2) is 11.6 Å². The van der Waals surface area contributed by atoms with Gasteiger partial charge in [-0.25, -0.2) is 8.78 Å². The minimum absolute atomic E-state index is 0.133. The van der Waals surface area contributed by atoms with E-state index < -0.39 is 11.6 Å². The van der Waals surface area contributed by atoms with Crippen molar-refractivity contribution < 1.29 is 13.5 Å². The Morgan fingerprint density at radius 3 is 2.48 bits per heavy atom. The largest absolute Gasteiger partial charge is 0.497 e. The monoisotopic (exact) mass is 394 g/mol. The third-order valence-corrected chi connectivity index (χ3v) is 4.68. The molecule has 0 bridgehead atoms. The first-order valence-electron chi connectivity index (χ1n) is 9.18. The molecule has 0 spiro atoms. The molecule has 5 nitrogen and oxygen atoms in total. The van der Waals surface area contributed by atoms with Crippen molar-refractivity contribution in [2.45, 2.75) is 6.42 Å². The van der Waals surface area contributed by atoms with Crippen LogP contribution in [0.5, 0.6) is 5.75 Å². The molecule has 0 radical (unpaired) electrons. The Labute approximate surface area is 166 Å². The molecule has 0 atom stereocenters. The second-order valence-corrected chi connectivity index (χ2v) is 6.58. The zero-order valence-corrected chi connectivity index (χ0v) is 15.8. The van der Waals surface area contributed by atoms with E-state index >= 15 is 0 Å². The number of halogens is 2. The van der Waals surface area contributed by atoms with Crippen LogP contribution in [-0.4, -0.2) is 23.6 Å². The molecule has 2 aromatic heterocycles. The van der Waals surface area contributed by atoms with Crippen molar-refractivity contribution >= 4 is 28.0 Å². The van der Waals surface area contributed by atoms with Crippen molar-refractivity contribution in [3.63, 3.8) is 0 Å². The molecule has 0 saturated heterocycles. The van der Waals surface area contributed by atoms with Gasteiger partial charge in [0.1, 0.15) is 11.4 Å². The van der Waals surface area contributed by atoms with Gasteiger partial charge < -0.3 is 20.4 Å². The van der Waals surface area contributed by atoms with Crippen LogP contribution in [0.4, 0.5) is 25.8 Å². The molecular formula is C22H20F2N4O. The van der Waals surface area contributed by atoms with Gasteiger partial charge in [0, 0.05) is 53.5 Å². The first-order valence-corrected chi connectivity index (χ1v) is 9.18. The lowest BCUT2D eigenvalue weighted by Gasteiger charge is -2.12. The first-order chi connectivity index (χ1) is 14.1. The van der Waals surface area contributed by atoms with E-state index in [1.165, 1.54) is 12.1 Å². The number of pyridine rings is 1. The van der Waals surface area contributed by atoms with Crippen molar-refractivity contribution in [3.8, 4) is 5.75 Å². The first kappa shape index (κ1) is 18.7. The highest BCUT2D eigenvalue weighted by molar-refractivity contribution is 5.84. The zero-order chi connectivity index (χ0) is 20.2. The molecule has 2 heterocycles. The van der Waals surface area contributed by atoms with E-state index in [0.29, 0.717) is 24.3 Å². The van der Waals surface area contributed by atoms with E-state index in [2.05, 4.69) is 20.6 Å². The minimum atomic E-state index is -0.648. The lowest BCUT2D eigenvalue weighted by molar-refractivity contribution is 0.415. The Hall–Kier alpha value is -3.61. The van der Waals surface area contributed by atoms with E-state index in [4.69, 9.17) is 4.74 Å². The number of hydrogen-bond acceptors (Lipinski definition) is 4. The van der Waals surface area contributed by atoms with Gasteiger partial charge in [0.25, 0.3) is 0 Å². The Kier molecular flexibility index (Phi) is 5.29. The maximum absolute atomic E-state index is 14.4. The van der Waals surface area contributed by atoms with Gasteiger partial charge in [-0.1, -0.05) is 0 Å². The summed E-state index contributed by atoms with van der Waals surface area (Å²) < 4.78 is 34.1. The number of nitrogens with zero attached hydrogens (tertiary/aromatic N) is 1. The number of benzene rings is 2. The van der Waals surface area contributed by atoms with Crippen LogP contribution in [0.3, 0.4) is 0 Å². The van der Waals surface area contributed by atoms with Gasteiger partial charge in [-0.3, -0.25) is 4.98 Å². The van der Waals surface area contributed by atoms with Gasteiger partial charge in [-0.05, 0) is 48.4 Å². The summed E-state index contributed by atoms with van der Waals surface area (Å²) in [4.78, 5) is 7.11. The number of methoxy groups -OCH3 is 1. The number of ether oxygens (including phenoxy) is 1. The van der Waals surface area contributed by atoms with Gasteiger partial charge in [-0.15, -0.1) is 0 Å². The van der Waals surface area contributed by atoms with Crippen LogP contribution >= 0.6 is 0 Å². The maximum atomic E-state index is 14.4. The number of H-pyrrole nitrogens is 1. The van der Waals surface area contributed by atoms with Crippen molar-refractivity contribution in [3.05, 3.63) is 78.3 Å². The Morgan fingerprint density at radius 1 is 1.00 bits per heavy atom. The highest BCUT2D eigenvalue weighted by Crippen LogP contribution is 2.27. The molecule has 0 amide bonds. The third-order valence-electron chi connectivity index (χ3n) is 4.68. The van der Waals surface area contributed by atoms with Gasteiger partial charge >= 0.3 is 0 Å². The Bertz CT molecular complexity index is 1110. The molecule has 0 aliphatic rings. The van der Waals surface area contributed by atoms with Crippen LogP contribution in [0.1, 0.15) is 5.56 Å². The maximum Gasteiger partial charge on any atom is 0.151 e. The molecule has 3 N–H and O–H groups in total. The van der Waals surface area contributed by atoms with Crippen molar-refractivity contribution in [2.75, 3.05) is 24.3 Å². The second-order valence-electron chi connectivity index (χ2n) is 6.58. The lowest BCUT2D eigenvalue weighted by Crippen LogP contribution is -2.08. The van der Waals surface area contributed by atoms with E-state index in [9.17, 15) is 8.78 Å². The molecule has 4 rings (SSSR count). The Morgan fingerprint density at radius 2 is 1.76 bits per heavy atom. The number of anilines is 3. The summed E-state index contributed by atoms with van der Waals surface area (Å²) in [5, 5.41) is 6.89. The van der Waals surface area contributed by atoms with Gasteiger partial charge in [-0.2, -0.15) is 0 Å². The standard InChI is InChI=1S/C22H20F2N4O/c1-29-17-2-3-18-14(13-27-21(18)12-17)4-9-26-22-19(23)10-16(11-20(22)24)28-15-5-7-25-8-6-15/h2-3,5-8,10-13,26-27H,4,9H2,1H3,(H,25,28). The summed E-state index contributed by atoms with van der Waals surface area (Å²) in [6.45, 7) is 0.393. The van der Waals surface area contributed by atoms with Gasteiger partial charge in [0.05, 0.1) is 7.11 Å². The van der Waals surface area contributed by atoms with Crippen LogP contribution in [0.2, 0.25) is 0 Å². The molecule has 148 valence electrons. The van der Waals surface area contributed by atoms with E-state index in [0.717, 1.165) is 22.2 Å². The highest BCUT2D eigenvalue weighted by Gasteiger charge is 2.12. The molecule has 0 fully saturated rings. The fourth-order valence-corrected chi connectivity index (χ4v) is 3.24. The zero-order valence-electron chi connectivity index (χ0n) is 15.8. The second kappa shape index (κ2) is 8.18. The van der Waals surface area contributed by atoms with Crippen molar-refractivity contribution in [1.82, 2.24) is 9.97 Å². The fourth-order valence-electron chi connectivity index (χ4n) is 3.24. The number of aromatic amines is 1. The van der Waals surface area contributed by atoms with Crippen LogP contribution < -0.4 is 15.4 Å². The highest BCUT2D eigenvalue weighted by atomic mass is 19.1. The summed E-state index contributed by atoms with van der Waals surface area (Å²) in [5.74, 6) is -0.524. The average molecular weight is 394 g/mol. The smallest absolute Gasteiger partial charge is 0.151 e. The van der Waals surface area contributed by atoms with Crippen LogP contribution in [0.15, 0.2) is 61.1 Å². The van der Waals surface area contributed by atoms with E-state index in [1.807, 2.05) is 24.4 Å². The van der Waals surface area contributed by atoms with E-state index in [-0.39, 0.29) is 5.69 Å². The van der Waals surface area contributed by atoms with Crippen molar-refractivity contribution in [1.29, 1.82) is 0 Å². The molecule has 29 heavy (non-hydrogen) atoms. The number of rotatable bonds is 7. The quantitative estimate of drug-likeness (QED) is 0.401. The number of aromatic nitrogens is 2. The summed E-state index contributed by atoms with van der Waals surface area (Å²) in [6.07, 6.45) is 5.72. The van der Waals surface area contributed by atoms with E-state index in [1.54, 1.807) is 31.6 Å².